The van der Waals surface area contributed by atoms with E-state index >= 15 is 0 Å². The molecule has 0 aromatic carbocycles. The van der Waals surface area contributed by atoms with E-state index in [0.29, 0.717) is 11.5 Å². The largest absolute Gasteiger partial charge is 0.446 e. The van der Waals surface area contributed by atoms with Gasteiger partial charge in [0.2, 0.25) is 5.71 Å². The number of hydrogen-bond donors (Lipinski definition) is 1. The molecule has 0 spiro atoms. The summed E-state index contributed by atoms with van der Waals surface area (Å²) in [5.41, 5.74) is 6.02. The van der Waals surface area contributed by atoms with E-state index in [0.717, 1.165) is 5.39 Å². The third kappa shape index (κ3) is 0.556. The molecule has 4 nitrogen and oxygen atoms in total. The standard InChI is InChI=1S/C6H5N3O/c7-5-4-1-2-10-6(4)9-3-8-5/h1-3H,(H2,7,8,9). The van der Waals surface area contributed by atoms with Gasteiger partial charge >= 0.3 is 0 Å². The summed E-state index contributed by atoms with van der Waals surface area (Å²) in [6, 6.07) is 1.74. The Labute approximate surface area is 56.7 Å². The van der Waals surface area contributed by atoms with Crippen LogP contribution in [0, 0.1) is 0 Å². The van der Waals surface area contributed by atoms with Crippen LogP contribution in [-0.2, 0) is 0 Å². The minimum absolute atomic E-state index is 0.457. The highest BCUT2D eigenvalue weighted by Gasteiger charge is 1.99. The van der Waals surface area contributed by atoms with E-state index in [1.54, 1.807) is 6.07 Å². The van der Waals surface area contributed by atoms with Crippen LogP contribution >= 0.6 is 0 Å². The van der Waals surface area contributed by atoms with Crippen LogP contribution in [-0.4, -0.2) is 9.97 Å². The molecule has 0 saturated heterocycles. The number of fused-ring (bicyclic) bond motifs is 1. The van der Waals surface area contributed by atoms with Crippen molar-refractivity contribution >= 4 is 16.9 Å². The summed E-state index contributed by atoms with van der Waals surface area (Å²) in [5, 5.41) is 0.766. The highest BCUT2D eigenvalue weighted by atomic mass is 16.3. The fourth-order valence-electron chi connectivity index (χ4n) is 0.809. The third-order valence-electron chi connectivity index (χ3n) is 1.29. The fraction of sp³-hybridized carbons (Fsp3) is 0. The van der Waals surface area contributed by atoms with Gasteiger partial charge in [0, 0.05) is 0 Å². The van der Waals surface area contributed by atoms with Crippen LogP contribution in [0.2, 0.25) is 0 Å². The molecule has 0 radical (unpaired) electrons. The first-order valence-electron chi connectivity index (χ1n) is 2.81. The highest BCUT2D eigenvalue weighted by molar-refractivity contribution is 5.83. The molecule has 0 unspecified atom stereocenters. The van der Waals surface area contributed by atoms with Gasteiger partial charge < -0.3 is 10.2 Å². The van der Waals surface area contributed by atoms with Gasteiger partial charge in [-0.25, -0.2) is 9.97 Å². The van der Waals surface area contributed by atoms with Gasteiger partial charge in [-0.3, -0.25) is 0 Å². The summed E-state index contributed by atoms with van der Waals surface area (Å²) in [6.07, 6.45) is 2.91. The highest BCUT2D eigenvalue weighted by Crippen LogP contribution is 2.15. The number of nitrogens with two attached hydrogens (primary N) is 1. The molecule has 4 heteroatoms. The van der Waals surface area contributed by atoms with E-state index in [4.69, 9.17) is 10.2 Å². The first-order chi connectivity index (χ1) is 4.88. The van der Waals surface area contributed by atoms with Gasteiger partial charge in [0.25, 0.3) is 0 Å². The molecule has 0 aliphatic carbocycles. The molecule has 10 heavy (non-hydrogen) atoms. The predicted octanol–water partition coefficient (Wildman–Crippen LogP) is 0.805. The summed E-state index contributed by atoms with van der Waals surface area (Å²) in [6.45, 7) is 0. The van der Waals surface area contributed by atoms with Gasteiger partial charge in [-0.05, 0) is 6.07 Å². The number of nitrogens with zero attached hydrogens (tertiary/aromatic N) is 2. The second kappa shape index (κ2) is 1.70. The molecular formula is C6H5N3O. The second-order valence-corrected chi connectivity index (χ2v) is 1.90. The molecule has 0 aliphatic heterocycles. The zero-order chi connectivity index (χ0) is 6.97. The van der Waals surface area contributed by atoms with E-state index in [1.807, 2.05) is 0 Å². The second-order valence-electron chi connectivity index (χ2n) is 1.90. The van der Waals surface area contributed by atoms with Gasteiger partial charge in [-0.1, -0.05) is 0 Å². The maximum atomic E-state index is 5.49. The van der Waals surface area contributed by atoms with Gasteiger partial charge in [-0.2, -0.15) is 0 Å². The molecule has 2 aromatic heterocycles. The summed E-state index contributed by atoms with van der Waals surface area (Å²) < 4.78 is 4.97. The molecule has 0 atom stereocenters. The Morgan fingerprint density at radius 1 is 1.40 bits per heavy atom. The molecule has 2 heterocycles. The van der Waals surface area contributed by atoms with Crippen molar-refractivity contribution in [3.63, 3.8) is 0 Å². The zero-order valence-corrected chi connectivity index (χ0v) is 5.11. The first-order valence-corrected chi connectivity index (χ1v) is 2.81. The molecule has 0 saturated carbocycles. The van der Waals surface area contributed by atoms with Crippen LogP contribution < -0.4 is 5.73 Å². The number of rotatable bonds is 0. The summed E-state index contributed by atoms with van der Waals surface area (Å²) in [4.78, 5) is 7.63. The van der Waals surface area contributed by atoms with Gasteiger partial charge in [-0.15, -0.1) is 0 Å². The van der Waals surface area contributed by atoms with Gasteiger partial charge in [0.1, 0.15) is 12.1 Å². The molecule has 0 fully saturated rings. The first kappa shape index (κ1) is 5.22. The number of hydrogen-bond acceptors (Lipinski definition) is 4. The zero-order valence-electron chi connectivity index (χ0n) is 5.11. The summed E-state index contributed by atoms with van der Waals surface area (Å²) >= 11 is 0. The van der Waals surface area contributed by atoms with Crippen LogP contribution in [0.1, 0.15) is 0 Å². The minimum Gasteiger partial charge on any atom is -0.446 e. The van der Waals surface area contributed by atoms with Crippen molar-refractivity contribution in [3.05, 3.63) is 18.7 Å². The molecule has 50 valence electrons. The monoisotopic (exact) mass is 135 g/mol. The number of nitrogen functional groups attached to an aromatic ring is 1. The van der Waals surface area contributed by atoms with Crippen molar-refractivity contribution in [3.8, 4) is 0 Å². The lowest BCUT2D eigenvalue weighted by Crippen LogP contribution is -1.89. The topological polar surface area (TPSA) is 64.9 Å². The maximum Gasteiger partial charge on any atom is 0.231 e. The van der Waals surface area contributed by atoms with Gasteiger partial charge in [0.05, 0.1) is 11.6 Å². The Morgan fingerprint density at radius 3 is 3.10 bits per heavy atom. The lowest BCUT2D eigenvalue weighted by Gasteiger charge is -1.89. The summed E-state index contributed by atoms with van der Waals surface area (Å²) in [5.74, 6) is 0.457. The molecular weight excluding hydrogens is 130 g/mol. The molecule has 0 aliphatic rings. The van der Waals surface area contributed by atoms with Crippen LogP contribution in [0.5, 0.6) is 0 Å². The Hall–Kier alpha value is -1.58. The van der Waals surface area contributed by atoms with Crippen molar-refractivity contribution in [2.75, 3.05) is 5.73 Å². The Bertz CT molecular complexity index is 355. The normalized spacial score (nSPS) is 10.4. The van der Waals surface area contributed by atoms with Gasteiger partial charge in [0.15, 0.2) is 0 Å². The average molecular weight is 135 g/mol. The predicted molar refractivity (Wildman–Crippen MR) is 36.2 cm³/mol. The lowest BCUT2D eigenvalue weighted by atomic mass is 10.4. The quantitative estimate of drug-likeness (QED) is 0.580. The smallest absolute Gasteiger partial charge is 0.231 e. The summed E-state index contributed by atoms with van der Waals surface area (Å²) in [7, 11) is 0. The van der Waals surface area contributed by atoms with Crippen molar-refractivity contribution in [1.29, 1.82) is 0 Å². The number of furan rings is 1. The lowest BCUT2D eigenvalue weighted by molar-refractivity contribution is 0.602. The third-order valence-corrected chi connectivity index (χ3v) is 1.29. The Balaban J connectivity index is 2.95. The molecule has 0 bridgehead atoms. The van der Waals surface area contributed by atoms with Crippen LogP contribution in [0.4, 0.5) is 5.82 Å². The van der Waals surface area contributed by atoms with E-state index in [1.165, 1.54) is 12.6 Å². The van der Waals surface area contributed by atoms with E-state index in [2.05, 4.69) is 9.97 Å². The van der Waals surface area contributed by atoms with E-state index < -0.39 is 0 Å². The molecule has 2 N–H and O–H groups in total. The molecule has 2 aromatic rings. The average Bonchev–Trinajstić information content (AvgIpc) is 2.36. The van der Waals surface area contributed by atoms with Crippen molar-refractivity contribution < 1.29 is 4.42 Å². The Kier molecular flexibility index (Phi) is 0.887. The number of anilines is 1. The van der Waals surface area contributed by atoms with Crippen LogP contribution in [0.25, 0.3) is 11.1 Å². The van der Waals surface area contributed by atoms with Crippen molar-refractivity contribution in [1.82, 2.24) is 9.97 Å². The van der Waals surface area contributed by atoms with Crippen molar-refractivity contribution in [2.24, 2.45) is 0 Å². The van der Waals surface area contributed by atoms with Crippen LogP contribution in [0.3, 0.4) is 0 Å². The van der Waals surface area contributed by atoms with Crippen molar-refractivity contribution in [2.45, 2.75) is 0 Å². The fourth-order valence-corrected chi connectivity index (χ4v) is 0.809. The SMILES string of the molecule is Nc1ncnc2occc12. The van der Waals surface area contributed by atoms with E-state index in [-0.39, 0.29) is 0 Å². The Morgan fingerprint density at radius 2 is 2.30 bits per heavy atom. The minimum atomic E-state index is 0.457. The maximum absolute atomic E-state index is 5.49. The number of aromatic nitrogens is 2. The molecule has 2 rings (SSSR count). The van der Waals surface area contributed by atoms with E-state index in [9.17, 15) is 0 Å². The molecule has 0 amide bonds. The van der Waals surface area contributed by atoms with Crippen LogP contribution in [0.15, 0.2) is 23.1 Å².